The van der Waals surface area contributed by atoms with Crippen molar-refractivity contribution in [1.82, 2.24) is 4.98 Å². The molecule has 0 saturated heterocycles. The normalized spacial score (nSPS) is 14.0. The summed E-state index contributed by atoms with van der Waals surface area (Å²) in [5.74, 6) is -0.0310. The minimum atomic E-state index is -0.0310. The van der Waals surface area contributed by atoms with Crippen LogP contribution in [0.3, 0.4) is 0 Å². The van der Waals surface area contributed by atoms with E-state index < -0.39 is 0 Å². The van der Waals surface area contributed by atoms with E-state index in [1.165, 1.54) is 0 Å². The molecule has 0 N–H and O–H groups in total. The number of nitrogens with zero attached hydrogens (tertiary/aromatic N) is 2. The zero-order valence-electron chi connectivity index (χ0n) is 8.16. The number of likely N-dealkylation sites (N-methyl/N-ethyl adjacent to an activating group) is 1. The van der Waals surface area contributed by atoms with Crippen molar-refractivity contribution >= 4 is 11.5 Å². The molecular weight excluding hydrogens is 253 g/mol. The van der Waals surface area contributed by atoms with Crippen LogP contribution in [-0.2, 0) is 32.7 Å². The number of carbonyl (C=O) groups is 1. The molecule has 0 bridgehead atoms. The Balaban J connectivity index is 0.000000980. The predicted octanol–water partition coefficient (Wildman–Crippen LogP) is 1.33. The fourth-order valence-electron chi connectivity index (χ4n) is 1.49. The minimum absolute atomic E-state index is 0. The van der Waals surface area contributed by atoms with Crippen molar-refractivity contribution in [3.05, 3.63) is 35.8 Å². The molecule has 0 unspecified atom stereocenters. The number of hydrogen-bond acceptors (Lipinski definition) is 3. The summed E-state index contributed by atoms with van der Waals surface area (Å²) < 4.78 is 0. The molecule has 69 valence electrons. The maximum atomic E-state index is 11.6. The maximum Gasteiger partial charge on any atom is 0.187 e. The van der Waals surface area contributed by atoms with Crippen LogP contribution in [0.4, 0.5) is 5.69 Å². The van der Waals surface area contributed by atoms with E-state index >= 15 is 0 Å². The Labute approximate surface area is 108 Å². The van der Waals surface area contributed by atoms with Crippen LogP contribution in [-0.4, -0.2) is 17.8 Å². The second kappa shape index (κ2) is 3.91. The van der Waals surface area contributed by atoms with E-state index in [2.05, 4.69) is 17.8 Å². The van der Waals surface area contributed by atoms with Gasteiger partial charge in [0.05, 0.1) is 5.70 Å². The van der Waals surface area contributed by atoms with Crippen molar-refractivity contribution in [2.45, 2.75) is 6.92 Å². The largest absolute Gasteiger partial charge is 0.394 e. The van der Waals surface area contributed by atoms with Gasteiger partial charge in [-0.3, -0.25) is 4.79 Å². The van der Waals surface area contributed by atoms with Gasteiger partial charge in [-0.1, -0.05) is 31.1 Å². The molecule has 1 aliphatic heterocycles. The smallest absolute Gasteiger partial charge is 0.187 e. The molecule has 0 aliphatic carbocycles. The number of anilines is 1. The Bertz CT molecular complexity index is 415. The van der Waals surface area contributed by atoms with Crippen LogP contribution in [0.5, 0.6) is 0 Å². The van der Waals surface area contributed by atoms with E-state index in [1.807, 2.05) is 7.05 Å². The summed E-state index contributed by atoms with van der Waals surface area (Å²) in [4.78, 5) is 17.4. The first-order chi connectivity index (χ1) is 6.13. The van der Waals surface area contributed by atoms with E-state index in [-0.39, 0.29) is 38.5 Å². The van der Waals surface area contributed by atoms with Gasteiger partial charge in [-0.05, 0) is 12.6 Å². The molecule has 2 rings (SSSR count). The van der Waals surface area contributed by atoms with Crippen LogP contribution >= 0.6 is 0 Å². The van der Waals surface area contributed by atoms with E-state index in [0.29, 0.717) is 17.0 Å². The first-order valence-electron chi connectivity index (χ1n) is 3.98. The third kappa shape index (κ3) is 1.45. The first-order valence-corrected chi connectivity index (χ1v) is 3.98. The van der Waals surface area contributed by atoms with Crippen LogP contribution in [0.25, 0.3) is 0 Å². The van der Waals surface area contributed by atoms with Gasteiger partial charge in [0.2, 0.25) is 0 Å². The number of Topliss-reactive ketones (excluding diaryl/α,β-unsaturated/α-hetero) is 1. The molecule has 2 heterocycles. The molecule has 0 atom stereocenters. The van der Waals surface area contributed by atoms with Gasteiger partial charge >= 0.3 is 0 Å². The fourth-order valence-corrected chi connectivity index (χ4v) is 1.49. The molecule has 0 aromatic carbocycles. The molecule has 1 aliphatic rings. The molecule has 0 amide bonds. The van der Waals surface area contributed by atoms with Crippen molar-refractivity contribution in [1.29, 1.82) is 0 Å². The molecule has 0 spiro atoms. The molecular formula is C10H9N2OY-. The van der Waals surface area contributed by atoms with E-state index in [9.17, 15) is 4.79 Å². The summed E-state index contributed by atoms with van der Waals surface area (Å²) in [5, 5.41) is 0. The molecule has 0 saturated carbocycles. The average Bonchev–Trinajstić information content (AvgIpc) is 2.33. The standard InChI is InChI=1S/C10H9N2O.Y/c1-6-9-8(4-5-11-6)12(3)7(2)10(9)13;/h4H,2H2,1,3H3;/q-1;. The van der Waals surface area contributed by atoms with Crippen LogP contribution in [0.15, 0.2) is 18.3 Å². The number of allylic oxidation sites excluding steroid dienone is 1. The number of ketones is 1. The van der Waals surface area contributed by atoms with Crippen molar-refractivity contribution in [3.63, 3.8) is 0 Å². The van der Waals surface area contributed by atoms with Crippen molar-refractivity contribution in [2.75, 3.05) is 11.9 Å². The topological polar surface area (TPSA) is 33.2 Å². The summed E-state index contributed by atoms with van der Waals surface area (Å²) in [5.41, 5.74) is 2.72. The third-order valence-corrected chi connectivity index (χ3v) is 2.31. The molecule has 1 radical (unpaired) electrons. The van der Waals surface area contributed by atoms with Crippen LogP contribution in [0.1, 0.15) is 16.1 Å². The summed E-state index contributed by atoms with van der Waals surface area (Å²) in [6, 6.07) is 1.71. The summed E-state index contributed by atoms with van der Waals surface area (Å²) in [6.07, 6.45) is 2.75. The SMILES string of the molecule is C=C1C(=O)c2c(c[c-]nc2C)N1C.[Y]. The number of aryl methyl sites for hydroxylation is 1. The quantitative estimate of drug-likeness (QED) is 0.522. The van der Waals surface area contributed by atoms with E-state index in [1.54, 1.807) is 17.9 Å². The van der Waals surface area contributed by atoms with Crippen molar-refractivity contribution in [2.24, 2.45) is 0 Å². The van der Waals surface area contributed by atoms with Crippen LogP contribution in [0.2, 0.25) is 0 Å². The first kappa shape index (κ1) is 11.5. The molecule has 1 aromatic rings. The predicted molar refractivity (Wildman–Crippen MR) is 49.7 cm³/mol. The Morgan fingerprint density at radius 3 is 2.79 bits per heavy atom. The van der Waals surface area contributed by atoms with Gasteiger partial charge in [0.15, 0.2) is 5.78 Å². The Hall–Kier alpha value is -0.536. The van der Waals surface area contributed by atoms with Gasteiger partial charge < -0.3 is 9.88 Å². The molecule has 4 heteroatoms. The van der Waals surface area contributed by atoms with Crippen LogP contribution < -0.4 is 4.90 Å². The Kier molecular flexibility index (Phi) is 3.22. The summed E-state index contributed by atoms with van der Waals surface area (Å²) in [7, 11) is 1.82. The Morgan fingerprint density at radius 1 is 1.57 bits per heavy atom. The average molecular weight is 262 g/mol. The monoisotopic (exact) mass is 262 g/mol. The van der Waals surface area contributed by atoms with Gasteiger partial charge in [0.25, 0.3) is 0 Å². The van der Waals surface area contributed by atoms with Crippen molar-refractivity contribution in [3.8, 4) is 0 Å². The number of rotatable bonds is 0. The van der Waals surface area contributed by atoms with Gasteiger partial charge in [0, 0.05) is 32.7 Å². The number of aromatic nitrogens is 1. The number of carbonyl (C=O) groups excluding carboxylic acids is 1. The zero-order valence-corrected chi connectivity index (χ0v) is 11.0. The number of fused-ring (bicyclic) bond motifs is 1. The van der Waals surface area contributed by atoms with Crippen molar-refractivity contribution < 1.29 is 37.5 Å². The zero-order chi connectivity index (χ0) is 9.59. The summed E-state index contributed by atoms with van der Waals surface area (Å²) in [6.45, 7) is 5.51. The number of pyridine rings is 1. The molecule has 1 aromatic heterocycles. The molecule has 3 nitrogen and oxygen atoms in total. The summed E-state index contributed by atoms with van der Waals surface area (Å²) >= 11 is 0. The van der Waals surface area contributed by atoms with Crippen LogP contribution in [0, 0.1) is 13.1 Å². The van der Waals surface area contributed by atoms with Gasteiger partial charge in [-0.25, -0.2) is 0 Å². The maximum absolute atomic E-state index is 11.6. The second-order valence-electron chi connectivity index (χ2n) is 3.07. The molecule has 14 heavy (non-hydrogen) atoms. The second-order valence-corrected chi connectivity index (χ2v) is 3.07. The van der Waals surface area contributed by atoms with Gasteiger partial charge in [0.1, 0.15) is 0 Å². The minimum Gasteiger partial charge on any atom is -0.394 e. The third-order valence-electron chi connectivity index (χ3n) is 2.31. The Morgan fingerprint density at radius 2 is 2.21 bits per heavy atom. The number of hydrogen-bond donors (Lipinski definition) is 0. The van der Waals surface area contributed by atoms with Gasteiger partial charge in [-0.2, -0.15) is 0 Å². The van der Waals surface area contributed by atoms with Gasteiger partial charge in [-0.15, -0.1) is 6.07 Å². The van der Waals surface area contributed by atoms with E-state index in [0.717, 1.165) is 5.69 Å². The fraction of sp³-hybridized carbons (Fsp3) is 0.200. The molecule has 0 fully saturated rings. The van der Waals surface area contributed by atoms with E-state index in [4.69, 9.17) is 0 Å².